The monoisotopic (exact) mass is 486 g/mol. The van der Waals surface area contributed by atoms with Crippen LogP contribution in [-0.2, 0) is 5.41 Å². The van der Waals surface area contributed by atoms with E-state index in [0.717, 1.165) is 0 Å². The fraction of sp³-hybridized carbons (Fsp3) is 0.241. The number of carboxylic acids is 1. The summed E-state index contributed by atoms with van der Waals surface area (Å²) < 4.78 is 21.0. The molecule has 1 saturated heterocycles. The van der Waals surface area contributed by atoms with Crippen LogP contribution in [0.2, 0.25) is 0 Å². The lowest BCUT2D eigenvalue weighted by molar-refractivity contribution is 0.0698. The molecule has 1 atom stereocenters. The maximum atomic E-state index is 14.6. The minimum absolute atomic E-state index is 0.0672. The number of hydrogen-bond donors (Lipinski definition) is 2. The van der Waals surface area contributed by atoms with Gasteiger partial charge in [-0.3, -0.25) is 4.79 Å². The van der Waals surface area contributed by atoms with Gasteiger partial charge >= 0.3 is 5.97 Å². The molecule has 5 rings (SSSR count). The maximum absolute atomic E-state index is 14.6. The van der Waals surface area contributed by atoms with Crippen molar-refractivity contribution in [1.29, 1.82) is 0 Å². The number of benzene rings is 3. The molecule has 1 aromatic heterocycles. The van der Waals surface area contributed by atoms with E-state index in [-0.39, 0.29) is 21.8 Å². The summed E-state index contributed by atoms with van der Waals surface area (Å²) in [6, 6.07) is 18.7. The molecule has 1 aliphatic heterocycles. The summed E-state index contributed by atoms with van der Waals surface area (Å²) in [7, 11) is 0. The number of anilines is 2. The van der Waals surface area contributed by atoms with Crippen LogP contribution in [0.4, 0.5) is 16.0 Å². The topological polar surface area (TPSA) is 82.8 Å². The fourth-order valence-electron chi connectivity index (χ4n) is 5.06. The van der Waals surface area contributed by atoms with Crippen molar-refractivity contribution in [3.8, 4) is 0 Å². The zero-order valence-corrected chi connectivity index (χ0v) is 20.3. The van der Waals surface area contributed by atoms with Gasteiger partial charge in [-0.2, -0.15) is 0 Å². The second kappa shape index (κ2) is 8.82. The Labute approximate surface area is 208 Å². The Kier molecular flexibility index (Phi) is 5.79. The van der Waals surface area contributed by atoms with E-state index in [4.69, 9.17) is 4.42 Å². The Balaban J connectivity index is 1.54. The number of nitrogens with one attached hydrogen (secondary N) is 1. The Bertz CT molecular complexity index is 1520. The summed E-state index contributed by atoms with van der Waals surface area (Å²) in [6.07, 6.45) is 0. The summed E-state index contributed by atoms with van der Waals surface area (Å²) >= 11 is 0. The van der Waals surface area contributed by atoms with Crippen molar-refractivity contribution < 1.29 is 18.7 Å². The molecule has 7 heteroatoms. The quantitative estimate of drug-likeness (QED) is 0.354. The molecule has 0 amide bonds. The van der Waals surface area contributed by atoms with Crippen LogP contribution >= 0.6 is 0 Å². The summed E-state index contributed by atoms with van der Waals surface area (Å²) in [5.74, 6) is -1.15. The van der Waals surface area contributed by atoms with Crippen molar-refractivity contribution in [3.05, 3.63) is 105 Å². The number of halogens is 1. The van der Waals surface area contributed by atoms with Crippen LogP contribution in [0.5, 0.6) is 0 Å². The van der Waals surface area contributed by atoms with Gasteiger partial charge in [0.1, 0.15) is 11.4 Å². The van der Waals surface area contributed by atoms with Crippen molar-refractivity contribution in [2.45, 2.75) is 32.2 Å². The minimum atomic E-state index is -1.07. The average molecular weight is 487 g/mol. The van der Waals surface area contributed by atoms with Crippen molar-refractivity contribution in [2.75, 3.05) is 23.3 Å². The van der Waals surface area contributed by atoms with Crippen LogP contribution in [0, 0.1) is 12.7 Å². The molecular formula is C29H27FN2O4. The van der Waals surface area contributed by atoms with Gasteiger partial charge in [0, 0.05) is 29.8 Å². The Morgan fingerprint density at radius 3 is 2.47 bits per heavy atom. The molecule has 184 valence electrons. The number of fused-ring (bicyclic) bond motifs is 1. The predicted octanol–water partition coefficient (Wildman–Crippen LogP) is 5.89. The molecule has 4 aromatic rings. The molecule has 0 unspecified atom stereocenters. The molecule has 36 heavy (non-hydrogen) atoms. The van der Waals surface area contributed by atoms with E-state index in [1.54, 1.807) is 32.0 Å². The fourth-order valence-corrected chi connectivity index (χ4v) is 5.06. The second-order valence-electron chi connectivity index (χ2n) is 9.73. The van der Waals surface area contributed by atoms with Crippen LogP contribution in [-0.4, -0.2) is 24.2 Å². The number of rotatable bonds is 6. The number of aromatic carboxylic acids is 1. The van der Waals surface area contributed by atoms with E-state index in [2.05, 4.69) is 24.4 Å². The second-order valence-corrected chi connectivity index (χ2v) is 9.73. The van der Waals surface area contributed by atoms with Crippen molar-refractivity contribution >= 4 is 28.5 Å². The van der Waals surface area contributed by atoms with Gasteiger partial charge in [-0.15, -0.1) is 0 Å². The van der Waals surface area contributed by atoms with Crippen molar-refractivity contribution in [2.24, 2.45) is 0 Å². The van der Waals surface area contributed by atoms with Gasteiger partial charge in [-0.1, -0.05) is 49.4 Å². The smallest absolute Gasteiger partial charge is 0.337 e. The van der Waals surface area contributed by atoms with E-state index >= 15 is 0 Å². The molecule has 6 nitrogen and oxygen atoms in total. The molecule has 1 aliphatic rings. The highest BCUT2D eigenvalue weighted by Gasteiger charge is 2.42. The maximum Gasteiger partial charge on any atom is 0.337 e. The van der Waals surface area contributed by atoms with Crippen LogP contribution in [0.15, 0.2) is 75.9 Å². The number of nitrogens with zero attached hydrogens (tertiary/aromatic N) is 1. The lowest BCUT2D eigenvalue weighted by atomic mass is 9.75. The van der Waals surface area contributed by atoms with Gasteiger partial charge in [-0.25, -0.2) is 9.18 Å². The van der Waals surface area contributed by atoms with Crippen LogP contribution in [0.3, 0.4) is 0 Å². The molecule has 2 heterocycles. The molecular weight excluding hydrogens is 459 g/mol. The lowest BCUT2D eigenvalue weighted by Gasteiger charge is -2.49. The molecule has 1 fully saturated rings. The Hall–Kier alpha value is -4.13. The van der Waals surface area contributed by atoms with Gasteiger partial charge in [-0.05, 0) is 43.7 Å². The van der Waals surface area contributed by atoms with Crippen molar-refractivity contribution in [1.82, 2.24) is 0 Å². The van der Waals surface area contributed by atoms with E-state index in [9.17, 15) is 19.1 Å². The summed E-state index contributed by atoms with van der Waals surface area (Å²) in [4.78, 5) is 27.0. The van der Waals surface area contributed by atoms with Crippen LogP contribution < -0.4 is 15.6 Å². The largest absolute Gasteiger partial charge is 0.478 e. The first-order chi connectivity index (χ1) is 17.2. The molecule has 0 aliphatic carbocycles. The Morgan fingerprint density at radius 1 is 1.11 bits per heavy atom. The number of hydrogen-bond acceptors (Lipinski definition) is 5. The summed E-state index contributed by atoms with van der Waals surface area (Å²) in [5.41, 5.74) is 2.54. The highest BCUT2D eigenvalue weighted by atomic mass is 19.1. The molecule has 0 radical (unpaired) electrons. The molecule has 0 bridgehead atoms. The van der Waals surface area contributed by atoms with Gasteiger partial charge in [0.25, 0.3) is 0 Å². The first kappa shape index (κ1) is 23.6. The molecule has 0 spiro atoms. The zero-order chi connectivity index (χ0) is 25.6. The molecule has 0 saturated carbocycles. The number of carboxylic acid groups (broad SMARTS) is 1. The highest BCUT2D eigenvalue weighted by Crippen LogP contribution is 2.39. The van der Waals surface area contributed by atoms with E-state index in [0.29, 0.717) is 41.4 Å². The number of carbonyl (C=O) groups is 1. The third-order valence-corrected chi connectivity index (χ3v) is 7.02. The Morgan fingerprint density at radius 2 is 1.78 bits per heavy atom. The normalized spacial score (nSPS) is 15.4. The summed E-state index contributed by atoms with van der Waals surface area (Å²) in [5, 5.41) is 12.8. The number of para-hydroxylation sites is 1. The predicted molar refractivity (Wildman–Crippen MR) is 139 cm³/mol. The SMILES string of the molecule is Cc1c(N2CC(C)(c3ccccc3)C2)oc2c([C@@H](C)Nc3ccccc3C(=O)O)cc(F)cc2c1=O. The van der Waals surface area contributed by atoms with Crippen molar-refractivity contribution in [3.63, 3.8) is 0 Å². The third kappa shape index (κ3) is 4.00. The lowest BCUT2D eigenvalue weighted by Crippen LogP contribution is -2.58. The van der Waals surface area contributed by atoms with E-state index < -0.39 is 17.8 Å². The first-order valence-corrected chi connectivity index (χ1v) is 11.8. The standard InChI is InChI=1S/C29H27FN2O4/c1-17-25(33)23-14-20(30)13-22(18(2)31-24-12-8-7-11-21(24)28(34)35)26(23)36-27(17)32-15-29(3,16-32)19-9-5-4-6-10-19/h4-14,18,31H,15-16H2,1-3H3,(H,34,35)/t18-/m1/s1. The van der Waals surface area contributed by atoms with E-state index in [1.165, 1.54) is 23.8 Å². The average Bonchev–Trinajstić information content (AvgIpc) is 2.85. The minimum Gasteiger partial charge on any atom is -0.478 e. The van der Waals surface area contributed by atoms with Gasteiger partial charge in [0.15, 0.2) is 5.43 Å². The summed E-state index contributed by atoms with van der Waals surface area (Å²) in [6.45, 7) is 7.03. The third-order valence-electron chi connectivity index (χ3n) is 7.02. The van der Waals surface area contributed by atoms with Gasteiger partial charge in [0.05, 0.1) is 22.6 Å². The highest BCUT2D eigenvalue weighted by molar-refractivity contribution is 5.94. The first-order valence-electron chi connectivity index (χ1n) is 11.8. The molecule has 2 N–H and O–H groups in total. The van der Waals surface area contributed by atoms with E-state index in [1.807, 2.05) is 23.1 Å². The van der Waals surface area contributed by atoms with Crippen LogP contribution in [0.1, 0.15) is 46.9 Å². The molecule has 3 aromatic carbocycles. The van der Waals surface area contributed by atoms with Gasteiger partial charge in [0.2, 0.25) is 5.88 Å². The van der Waals surface area contributed by atoms with Gasteiger partial charge < -0.3 is 19.7 Å². The zero-order valence-electron chi connectivity index (χ0n) is 20.3. The van der Waals surface area contributed by atoms with Crippen LogP contribution in [0.25, 0.3) is 11.0 Å².